The van der Waals surface area contributed by atoms with Gasteiger partial charge in [0.25, 0.3) is 0 Å². The third kappa shape index (κ3) is 7.17. The van der Waals surface area contributed by atoms with Gasteiger partial charge in [0, 0.05) is 30.6 Å². The molecule has 0 spiro atoms. The van der Waals surface area contributed by atoms with E-state index in [1.807, 2.05) is 20.8 Å². The number of benzene rings is 1. The average molecular weight is 476 g/mol. The molecule has 8 heteroatoms. The predicted molar refractivity (Wildman–Crippen MR) is 128 cm³/mol. The maximum atomic E-state index is 13.7. The molecule has 0 aliphatic carbocycles. The second-order valence-corrected chi connectivity index (χ2v) is 8.74. The second kappa shape index (κ2) is 12.7. The van der Waals surface area contributed by atoms with Crippen LogP contribution in [0.25, 0.3) is 17.2 Å². The van der Waals surface area contributed by atoms with Crippen LogP contribution in [-0.4, -0.2) is 57.3 Å². The summed E-state index contributed by atoms with van der Waals surface area (Å²) in [6, 6.07) is 6.04. The number of aliphatic hydroxyl groups excluding tert-OH is 3. The van der Waals surface area contributed by atoms with Gasteiger partial charge in [0.15, 0.2) is 0 Å². The van der Waals surface area contributed by atoms with Crippen LogP contribution in [0.3, 0.4) is 0 Å². The zero-order valence-electron chi connectivity index (χ0n) is 20.0. The lowest BCUT2D eigenvalue weighted by Crippen LogP contribution is -2.19. The molecule has 1 aromatic heterocycles. The molecule has 0 amide bonds. The van der Waals surface area contributed by atoms with E-state index in [4.69, 9.17) is 14.8 Å². The third-order valence-electron chi connectivity index (χ3n) is 5.52. The summed E-state index contributed by atoms with van der Waals surface area (Å²) in [5, 5.41) is 39.0. The van der Waals surface area contributed by atoms with Crippen molar-refractivity contribution in [2.75, 3.05) is 13.7 Å². The van der Waals surface area contributed by atoms with Crippen molar-refractivity contribution in [1.82, 2.24) is 4.98 Å². The molecule has 7 nitrogen and oxygen atoms in total. The van der Waals surface area contributed by atoms with Crippen molar-refractivity contribution >= 4 is 12.0 Å². The van der Waals surface area contributed by atoms with Gasteiger partial charge in [0.1, 0.15) is 5.82 Å². The minimum atomic E-state index is -1.19. The number of pyridine rings is 1. The minimum Gasteiger partial charge on any atom is -0.481 e. The molecule has 186 valence electrons. The number of hydrogen-bond donors (Lipinski definition) is 4. The molecule has 2 aromatic rings. The number of nitrogens with zero attached hydrogens (tertiary/aromatic N) is 1. The Bertz CT molecular complexity index is 990. The quantitative estimate of drug-likeness (QED) is 0.368. The van der Waals surface area contributed by atoms with Gasteiger partial charge in [-0.1, -0.05) is 45.1 Å². The van der Waals surface area contributed by atoms with E-state index in [1.165, 1.54) is 18.2 Å². The number of aliphatic hydroxyl groups is 3. The molecule has 2 rings (SSSR count). The van der Waals surface area contributed by atoms with Crippen LogP contribution in [0.2, 0.25) is 0 Å². The number of rotatable bonds is 12. The number of aliphatic carboxylic acids is 1. The molecule has 0 aliphatic rings. The summed E-state index contributed by atoms with van der Waals surface area (Å²) in [5.41, 5.74) is 4.34. The molecular formula is C26H34FNO6. The first-order valence-electron chi connectivity index (χ1n) is 11.3. The molecule has 1 heterocycles. The first-order chi connectivity index (χ1) is 16.1. The largest absolute Gasteiger partial charge is 0.481 e. The van der Waals surface area contributed by atoms with E-state index >= 15 is 0 Å². The van der Waals surface area contributed by atoms with E-state index in [2.05, 4.69) is 0 Å². The number of carbonyl (C=O) groups is 1. The lowest BCUT2D eigenvalue weighted by atomic mass is 9.86. The summed E-state index contributed by atoms with van der Waals surface area (Å²) in [6.45, 7) is 5.91. The first-order valence-corrected chi connectivity index (χ1v) is 11.3. The predicted octanol–water partition coefficient (Wildman–Crippen LogP) is 3.85. The van der Waals surface area contributed by atoms with Crippen LogP contribution in [0, 0.1) is 5.82 Å². The van der Waals surface area contributed by atoms with Crippen molar-refractivity contribution in [3.63, 3.8) is 0 Å². The van der Waals surface area contributed by atoms with Crippen molar-refractivity contribution in [2.24, 2.45) is 0 Å². The lowest BCUT2D eigenvalue weighted by Gasteiger charge is -2.24. The summed E-state index contributed by atoms with van der Waals surface area (Å²) in [6.07, 6.45) is 0.323. The SMILES string of the molecule is COCc1c(C(C)CO)nc(C(C)C)c(/C=C/C(O)CC(O)CC(=O)O)c1-c1ccc(F)cc1. The Kier molecular flexibility index (Phi) is 10.3. The van der Waals surface area contributed by atoms with Crippen LogP contribution < -0.4 is 0 Å². The number of hydrogen-bond acceptors (Lipinski definition) is 6. The second-order valence-electron chi connectivity index (χ2n) is 8.74. The molecule has 0 fully saturated rings. The molecule has 0 saturated heterocycles. The molecule has 3 unspecified atom stereocenters. The van der Waals surface area contributed by atoms with Crippen LogP contribution in [0.15, 0.2) is 30.3 Å². The van der Waals surface area contributed by atoms with E-state index in [1.54, 1.807) is 25.3 Å². The van der Waals surface area contributed by atoms with E-state index < -0.39 is 24.6 Å². The van der Waals surface area contributed by atoms with E-state index in [-0.39, 0.29) is 37.3 Å². The fraction of sp³-hybridized carbons (Fsp3) is 0.462. The molecule has 0 saturated carbocycles. The molecule has 0 bridgehead atoms. The number of carboxylic acids is 1. The Morgan fingerprint density at radius 3 is 2.32 bits per heavy atom. The Balaban J connectivity index is 2.72. The topological polar surface area (TPSA) is 120 Å². The monoisotopic (exact) mass is 475 g/mol. The van der Waals surface area contributed by atoms with Crippen LogP contribution in [-0.2, 0) is 16.1 Å². The zero-order valence-corrected chi connectivity index (χ0v) is 20.0. The molecule has 0 radical (unpaired) electrons. The van der Waals surface area contributed by atoms with Crippen molar-refractivity contribution in [2.45, 2.75) is 64.3 Å². The minimum absolute atomic E-state index is 0.0187. The number of aromatic nitrogens is 1. The highest BCUT2D eigenvalue weighted by Crippen LogP contribution is 2.38. The molecule has 4 N–H and O–H groups in total. The summed E-state index contributed by atoms with van der Waals surface area (Å²) < 4.78 is 19.2. The normalized spacial score (nSPS) is 14.5. The molecular weight excluding hydrogens is 441 g/mol. The van der Waals surface area contributed by atoms with Gasteiger partial charge in [-0.25, -0.2) is 4.39 Å². The summed E-state index contributed by atoms with van der Waals surface area (Å²) in [5.74, 6) is -1.81. The van der Waals surface area contributed by atoms with Crippen molar-refractivity contribution < 1.29 is 34.3 Å². The zero-order chi connectivity index (χ0) is 25.4. The van der Waals surface area contributed by atoms with E-state index in [9.17, 15) is 24.5 Å². The fourth-order valence-corrected chi connectivity index (χ4v) is 3.87. The Morgan fingerprint density at radius 2 is 1.79 bits per heavy atom. The van der Waals surface area contributed by atoms with Crippen LogP contribution in [0.1, 0.15) is 68.0 Å². The standard InChI is InChI=1S/C26H34FNO6/c1-15(2)25-21(10-9-19(30)11-20(31)12-23(32)33)24(17-5-7-18(27)8-6-17)22(14-34-4)26(28-25)16(3)13-29/h5-10,15-16,19-20,29-31H,11-14H2,1-4H3,(H,32,33)/b10-9+. The maximum Gasteiger partial charge on any atom is 0.305 e. The Hall–Kier alpha value is -2.65. The van der Waals surface area contributed by atoms with Gasteiger partial charge in [0.05, 0.1) is 43.2 Å². The van der Waals surface area contributed by atoms with Crippen LogP contribution in [0.5, 0.6) is 0 Å². The average Bonchev–Trinajstić information content (AvgIpc) is 2.77. The Morgan fingerprint density at radius 1 is 1.15 bits per heavy atom. The lowest BCUT2D eigenvalue weighted by molar-refractivity contribution is -0.139. The summed E-state index contributed by atoms with van der Waals surface area (Å²) in [4.78, 5) is 15.7. The fourth-order valence-electron chi connectivity index (χ4n) is 3.87. The van der Waals surface area contributed by atoms with Gasteiger partial charge in [0.2, 0.25) is 0 Å². The summed E-state index contributed by atoms with van der Waals surface area (Å²) >= 11 is 0. The van der Waals surface area contributed by atoms with Gasteiger partial charge in [-0.15, -0.1) is 0 Å². The molecule has 3 atom stereocenters. The highest BCUT2D eigenvalue weighted by atomic mass is 19.1. The smallest absolute Gasteiger partial charge is 0.305 e. The summed E-state index contributed by atoms with van der Waals surface area (Å²) in [7, 11) is 1.56. The van der Waals surface area contributed by atoms with Gasteiger partial charge >= 0.3 is 5.97 Å². The molecule has 34 heavy (non-hydrogen) atoms. The van der Waals surface area contributed by atoms with Gasteiger partial charge in [-0.05, 0) is 29.2 Å². The molecule has 1 aromatic carbocycles. The number of carboxylic acid groups (broad SMARTS) is 1. The van der Waals surface area contributed by atoms with E-state index in [0.717, 1.165) is 22.4 Å². The van der Waals surface area contributed by atoms with Crippen molar-refractivity contribution in [1.29, 1.82) is 0 Å². The van der Waals surface area contributed by atoms with Crippen molar-refractivity contribution in [3.05, 3.63) is 58.7 Å². The van der Waals surface area contributed by atoms with Gasteiger partial charge in [-0.3, -0.25) is 9.78 Å². The number of halogens is 1. The maximum absolute atomic E-state index is 13.7. The van der Waals surface area contributed by atoms with Gasteiger partial charge in [-0.2, -0.15) is 0 Å². The van der Waals surface area contributed by atoms with Gasteiger partial charge < -0.3 is 25.2 Å². The highest BCUT2D eigenvalue weighted by Gasteiger charge is 2.24. The first kappa shape index (κ1) is 27.6. The number of methoxy groups -OCH3 is 1. The molecule has 0 aliphatic heterocycles. The third-order valence-corrected chi connectivity index (χ3v) is 5.52. The van der Waals surface area contributed by atoms with Crippen LogP contribution >= 0.6 is 0 Å². The van der Waals surface area contributed by atoms with Crippen LogP contribution in [0.4, 0.5) is 4.39 Å². The van der Waals surface area contributed by atoms with Crippen molar-refractivity contribution in [3.8, 4) is 11.1 Å². The van der Waals surface area contributed by atoms with E-state index in [0.29, 0.717) is 11.3 Å². The highest BCUT2D eigenvalue weighted by molar-refractivity contribution is 5.80. The number of ether oxygens (including phenoxy) is 1. The Labute approximate surface area is 199 Å².